The summed E-state index contributed by atoms with van der Waals surface area (Å²) in [5.41, 5.74) is 0.515. The number of methoxy groups -OCH3 is 1. The molecule has 14 heavy (non-hydrogen) atoms. The number of rotatable bonds is 1. The second-order valence-electron chi connectivity index (χ2n) is 2.62. The van der Waals surface area contributed by atoms with Crippen molar-refractivity contribution in [2.75, 3.05) is 7.11 Å². The molecule has 0 aliphatic heterocycles. The largest absolute Gasteiger partial charge is 0.465 e. The molecule has 5 heteroatoms. The van der Waals surface area contributed by atoms with E-state index in [2.05, 4.69) is 25.7 Å². The lowest BCUT2D eigenvalue weighted by Gasteiger charge is -2.00. The first kappa shape index (κ1) is 9.61. The number of hydrogen-bond donors (Lipinski definition) is 0. The van der Waals surface area contributed by atoms with Gasteiger partial charge >= 0.3 is 5.97 Å². The molecular weight excluding hydrogens is 266 g/mol. The number of pyridine rings is 1. The average Bonchev–Trinajstić information content (AvgIpc) is 2.67. The van der Waals surface area contributed by atoms with E-state index in [9.17, 15) is 4.79 Å². The first-order valence-electron chi connectivity index (χ1n) is 3.84. The fraction of sp³-hybridized carbons (Fsp3) is 0.111. The summed E-state index contributed by atoms with van der Waals surface area (Å²) in [5.74, 6) is -0.350. The van der Waals surface area contributed by atoms with Gasteiger partial charge in [-0.15, -0.1) is 11.3 Å². The lowest BCUT2D eigenvalue weighted by atomic mass is 10.2. The lowest BCUT2D eigenvalue weighted by Crippen LogP contribution is -2.01. The van der Waals surface area contributed by atoms with Crippen LogP contribution in [0, 0.1) is 0 Å². The summed E-state index contributed by atoms with van der Waals surface area (Å²) in [7, 11) is 1.36. The third-order valence-corrected chi connectivity index (χ3v) is 3.42. The van der Waals surface area contributed by atoms with E-state index in [1.54, 1.807) is 0 Å². The SMILES string of the molecule is COC(=O)c1cnc(Br)c2ccsc12. The maximum Gasteiger partial charge on any atom is 0.340 e. The molecule has 0 saturated carbocycles. The third-order valence-electron chi connectivity index (χ3n) is 1.84. The standard InChI is InChI=1S/C9H6BrNO2S/c1-13-9(12)6-4-11-8(10)5-2-3-14-7(5)6/h2-4H,1H3. The van der Waals surface area contributed by atoms with Crippen LogP contribution in [0.1, 0.15) is 10.4 Å². The van der Waals surface area contributed by atoms with E-state index in [-0.39, 0.29) is 5.97 Å². The molecule has 2 aromatic rings. The zero-order valence-electron chi connectivity index (χ0n) is 7.28. The van der Waals surface area contributed by atoms with Crippen LogP contribution in [0.15, 0.2) is 22.2 Å². The average molecular weight is 272 g/mol. The molecule has 0 unspecified atom stereocenters. The van der Waals surface area contributed by atoms with Gasteiger partial charge in [-0.05, 0) is 27.4 Å². The van der Waals surface area contributed by atoms with E-state index in [4.69, 9.17) is 0 Å². The third kappa shape index (κ3) is 1.42. The number of thiophene rings is 1. The molecule has 0 bridgehead atoms. The lowest BCUT2D eigenvalue weighted by molar-refractivity contribution is 0.0603. The molecule has 0 saturated heterocycles. The van der Waals surface area contributed by atoms with Crippen LogP contribution in [-0.4, -0.2) is 18.1 Å². The van der Waals surface area contributed by atoms with Crippen molar-refractivity contribution in [3.05, 3.63) is 27.8 Å². The smallest absolute Gasteiger partial charge is 0.340 e. The molecule has 72 valence electrons. The Hall–Kier alpha value is -0.940. The van der Waals surface area contributed by atoms with Gasteiger partial charge in [0.2, 0.25) is 0 Å². The quantitative estimate of drug-likeness (QED) is 0.592. The summed E-state index contributed by atoms with van der Waals surface area (Å²) in [6.07, 6.45) is 1.52. The van der Waals surface area contributed by atoms with Gasteiger partial charge in [0, 0.05) is 11.6 Å². The van der Waals surface area contributed by atoms with Gasteiger partial charge < -0.3 is 4.74 Å². The minimum atomic E-state index is -0.350. The van der Waals surface area contributed by atoms with Crippen LogP contribution in [0.5, 0.6) is 0 Å². The highest BCUT2D eigenvalue weighted by Crippen LogP contribution is 2.29. The van der Waals surface area contributed by atoms with Crippen LogP contribution < -0.4 is 0 Å². The van der Waals surface area contributed by atoms with Crippen molar-refractivity contribution in [2.24, 2.45) is 0 Å². The summed E-state index contributed by atoms with van der Waals surface area (Å²) in [6, 6.07) is 1.92. The van der Waals surface area contributed by atoms with E-state index in [1.165, 1.54) is 24.6 Å². The number of halogens is 1. The van der Waals surface area contributed by atoms with E-state index in [1.807, 2.05) is 11.4 Å². The van der Waals surface area contributed by atoms with Crippen molar-refractivity contribution in [1.29, 1.82) is 0 Å². The number of ether oxygens (including phenoxy) is 1. The van der Waals surface area contributed by atoms with Gasteiger partial charge in [-0.2, -0.15) is 0 Å². The number of esters is 1. The Morgan fingerprint density at radius 1 is 1.64 bits per heavy atom. The van der Waals surface area contributed by atoms with E-state index in [0.29, 0.717) is 5.56 Å². The van der Waals surface area contributed by atoms with E-state index >= 15 is 0 Å². The second-order valence-corrected chi connectivity index (χ2v) is 4.28. The number of carbonyl (C=O) groups excluding carboxylic acids is 1. The molecule has 0 aromatic carbocycles. The van der Waals surface area contributed by atoms with Crippen molar-refractivity contribution in [1.82, 2.24) is 4.98 Å². The maximum absolute atomic E-state index is 11.4. The molecule has 0 atom stereocenters. The molecule has 0 spiro atoms. The van der Waals surface area contributed by atoms with Crippen LogP contribution in [0.2, 0.25) is 0 Å². The van der Waals surface area contributed by atoms with E-state index < -0.39 is 0 Å². The molecule has 0 N–H and O–H groups in total. The van der Waals surface area contributed by atoms with Crippen LogP contribution in [0.4, 0.5) is 0 Å². The molecule has 0 aliphatic carbocycles. The van der Waals surface area contributed by atoms with Gasteiger partial charge in [0.05, 0.1) is 17.4 Å². The Kier molecular flexibility index (Phi) is 2.52. The predicted molar refractivity (Wildman–Crippen MR) is 58.7 cm³/mol. The number of nitrogens with zero attached hydrogens (tertiary/aromatic N) is 1. The first-order valence-corrected chi connectivity index (χ1v) is 5.51. The number of hydrogen-bond acceptors (Lipinski definition) is 4. The molecule has 0 radical (unpaired) electrons. The molecule has 2 rings (SSSR count). The number of carbonyl (C=O) groups is 1. The van der Waals surface area contributed by atoms with Gasteiger partial charge in [0.15, 0.2) is 0 Å². The molecular formula is C9H6BrNO2S. The minimum Gasteiger partial charge on any atom is -0.465 e. The highest BCUT2D eigenvalue weighted by atomic mass is 79.9. The Bertz CT molecular complexity index is 495. The Labute approximate surface area is 92.8 Å². The Balaban J connectivity index is 2.72. The first-order chi connectivity index (χ1) is 6.74. The van der Waals surface area contributed by atoms with Crippen molar-refractivity contribution >= 4 is 43.3 Å². The molecule has 0 aliphatic rings. The van der Waals surface area contributed by atoms with Crippen LogP contribution >= 0.6 is 27.3 Å². The normalized spacial score (nSPS) is 10.4. The molecule has 2 heterocycles. The molecule has 3 nitrogen and oxygen atoms in total. The second kappa shape index (κ2) is 3.67. The topological polar surface area (TPSA) is 39.2 Å². The number of fused-ring (bicyclic) bond motifs is 1. The van der Waals surface area contributed by atoms with Gasteiger partial charge in [0.1, 0.15) is 4.60 Å². The zero-order valence-corrected chi connectivity index (χ0v) is 9.68. The fourth-order valence-corrected chi connectivity index (χ4v) is 2.64. The molecule has 2 aromatic heterocycles. The number of aromatic nitrogens is 1. The molecule has 0 amide bonds. The van der Waals surface area contributed by atoms with Crippen LogP contribution in [0.3, 0.4) is 0 Å². The minimum absolute atomic E-state index is 0.350. The summed E-state index contributed by atoms with van der Waals surface area (Å²) in [5, 5.41) is 2.86. The highest BCUT2D eigenvalue weighted by molar-refractivity contribution is 9.10. The summed E-state index contributed by atoms with van der Waals surface area (Å²) in [6.45, 7) is 0. The summed E-state index contributed by atoms with van der Waals surface area (Å²) in [4.78, 5) is 15.4. The van der Waals surface area contributed by atoms with E-state index in [0.717, 1.165) is 14.7 Å². The Morgan fingerprint density at radius 3 is 3.14 bits per heavy atom. The summed E-state index contributed by atoms with van der Waals surface area (Å²) >= 11 is 4.83. The highest BCUT2D eigenvalue weighted by Gasteiger charge is 2.13. The van der Waals surface area contributed by atoms with Crippen molar-refractivity contribution in [2.45, 2.75) is 0 Å². The molecule has 0 fully saturated rings. The van der Waals surface area contributed by atoms with Gasteiger partial charge in [-0.3, -0.25) is 0 Å². The van der Waals surface area contributed by atoms with Crippen molar-refractivity contribution in [3.63, 3.8) is 0 Å². The summed E-state index contributed by atoms with van der Waals surface area (Å²) < 4.78 is 6.32. The zero-order chi connectivity index (χ0) is 10.1. The fourth-order valence-electron chi connectivity index (χ4n) is 1.19. The van der Waals surface area contributed by atoms with Crippen LogP contribution in [0.25, 0.3) is 10.1 Å². The van der Waals surface area contributed by atoms with Gasteiger partial charge in [0.25, 0.3) is 0 Å². The Morgan fingerprint density at radius 2 is 2.43 bits per heavy atom. The van der Waals surface area contributed by atoms with Crippen LogP contribution in [-0.2, 0) is 4.74 Å². The predicted octanol–water partition coefficient (Wildman–Crippen LogP) is 2.85. The van der Waals surface area contributed by atoms with Crippen molar-refractivity contribution in [3.8, 4) is 0 Å². The van der Waals surface area contributed by atoms with Gasteiger partial charge in [-0.25, -0.2) is 9.78 Å². The van der Waals surface area contributed by atoms with Gasteiger partial charge in [-0.1, -0.05) is 0 Å². The monoisotopic (exact) mass is 271 g/mol. The van der Waals surface area contributed by atoms with Crippen molar-refractivity contribution < 1.29 is 9.53 Å². The maximum atomic E-state index is 11.4.